The summed E-state index contributed by atoms with van der Waals surface area (Å²) in [7, 11) is 0. The fourth-order valence-corrected chi connectivity index (χ4v) is 8.23. The van der Waals surface area contributed by atoms with E-state index in [0.717, 1.165) is 28.8 Å². The zero-order valence-electron chi connectivity index (χ0n) is 36.7. The maximum absolute atomic E-state index is 14.8. The number of anilines is 1. The van der Waals surface area contributed by atoms with Gasteiger partial charge in [0.1, 0.15) is 0 Å². The second-order valence-electron chi connectivity index (χ2n) is 15.2. The summed E-state index contributed by atoms with van der Waals surface area (Å²) >= 11 is 0. The molecule has 9 rings (SSSR count). The van der Waals surface area contributed by atoms with Gasteiger partial charge in [-0.25, -0.2) is 4.90 Å². The van der Waals surface area contributed by atoms with Crippen molar-refractivity contribution < 1.29 is 49.1 Å². The van der Waals surface area contributed by atoms with E-state index >= 15 is 0 Å². The molecular formula is C55H41F9N2O2. The average molecular weight is 933 g/mol. The lowest BCUT2D eigenvalue weighted by Crippen LogP contribution is -2.30. The van der Waals surface area contributed by atoms with Gasteiger partial charge in [-0.15, -0.1) is 0 Å². The van der Waals surface area contributed by atoms with E-state index < -0.39 is 47.0 Å². The third-order valence-corrected chi connectivity index (χ3v) is 11.1. The Morgan fingerprint density at radius 1 is 0.515 bits per heavy atom. The maximum Gasteiger partial charge on any atom is 0.416 e. The highest BCUT2D eigenvalue weighted by atomic mass is 19.4. The van der Waals surface area contributed by atoms with Crippen molar-refractivity contribution in [2.75, 3.05) is 4.90 Å². The van der Waals surface area contributed by atoms with Gasteiger partial charge in [0.2, 0.25) is 0 Å². The predicted octanol–water partition coefficient (Wildman–Crippen LogP) is 16.7. The molecule has 8 aromatic rings. The molecule has 1 aromatic heterocycles. The van der Waals surface area contributed by atoms with Crippen LogP contribution in [0.15, 0.2) is 182 Å². The maximum atomic E-state index is 14.8. The van der Waals surface area contributed by atoms with E-state index in [1.807, 2.05) is 80.6 Å². The molecule has 0 radical (unpaired) electrons. The Bertz CT molecular complexity index is 3170. The Morgan fingerprint density at radius 3 is 1.62 bits per heavy atom. The van der Waals surface area contributed by atoms with Gasteiger partial charge in [-0.1, -0.05) is 143 Å². The quantitative estimate of drug-likeness (QED) is 0.0908. The molecule has 0 fully saturated rings. The summed E-state index contributed by atoms with van der Waals surface area (Å²) in [5, 5.41) is 1.16. The molecule has 4 nitrogen and oxygen atoms in total. The van der Waals surface area contributed by atoms with Crippen LogP contribution in [0.1, 0.15) is 59.0 Å². The summed E-state index contributed by atoms with van der Waals surface area (Å²) in [6, 6.07) is 42.9. The average Bonchev–Trinajstić information content (AvgIpc) is 3.80. The minimum atomic E-state index is -5.01. The van der Waals surface area contributed by atoms with Gasteiger partial charge in [-0.3, -0.25) is 9.59 Å². The van der Waals surface area contributed by atoms with Gasteiger partial charge in [0, 0.05) is 16.3 Å². The minimum Gasteiger partial charge on any atom is -0.308 e. The van der Waals surface area contributed by atoms with Crippen LogP contribution in [0.2, 0.25) is 0 Å². The van der Waals surface area contributed by atoms with Crippen molar-refractivity contribution >= 4 is 39.3 Å². The summed E-state index contributed by atoms with van der Waals surface area (Å²) in [5.74, 6) is -1.06. The molecule has 0 aliphatic carbocycles. The molecule has 0 bridgehead atoms. The fourth-order valence-electron chi connectivity index (χ4n) is 8.23. The number of alkyl halides is 9. The van der Waals surface area contributed by atoms with Gasteiger partial charge < -0.3 is 4.57 Å². The Kier molecular flexibility index (Phi) is 13.7. The zero-order valence-corrected chi connectivity index (χ0v) is 36.7. The number of carbonyl (C=O) groups is 2. The van der Waals surface area contributed by atoms with Crippen molar-refractivity contribution in [2.24, 2.45) is 0 Å². The highest BCUT2D eigenvalue weighted by Crippen LogP contribution is 2.45. The Hall–Kier alpha value is -7.67. The highest BCUT2D eigenvalue weighted by Gasteiger charge is 2.41. The van der Waals surface area contributed by atoms with Crippen molar-refractivity contribution in [1.82, 2.24) is 4.57 Å². The number of nitrogens with zero attached hydrogens (tertiary/aromatic N) is 2. The number of imide groups is 1. The number of amides is 2. The van der Waals surface area contributed by atoms with Crippen LogP contribution in [0.3, 0.4) is 0 Å². The molecule has 13 heteroatoms. The number of carbonyl (C=O) groups excluding carboxylic acids is 2. The summed E-state index contributed by atoms with van der Waals surface area (Å²) in [6.45, 7) is 8.71. The van der Waals surface area contributed by atoms with Crippen LogP contribution in [0, 0.1) is 0 Å². The van der Waals surface area contributed by atoms with Crippen LogP contribution in [0.5, 0.6) is 0 Å². The first-order valence-electron chi connectivity index (χ1n) is 21.4. The van der Waals surface area contributed by atoms with Gasteiger partial charge in [0.05, 0.1) is 50.2 Å². The van der Waals surface area contributed by atoms with Crippen molar-refractivity contribution in [1.29, 1.82) is 0 Å². The molecule has 0 saturated heterocycles. The Morgan fingerprint density at radius 2 is 1.06 bits per heavy atom. The number of benzene rings is 7. The number of fused-ring (bicyclic) bond motifs is 4. The number of aromatic nitrogens is 1. The minimum absolute atomic E-state index is 0.103. The van der Waals surface area contributed by atoms with E-state index in [9.17, 15) is 49.1 Å². The van der Waals surface area contributed by atoms with Crippen molar-refractivity contribution in [2.45, 2.75) is 45.7 Å². The molecule has 0 N–H and O–H groups in total. The Labute approximate surface area is 385 Å². The number of allylic oxidation sites excluding steroid dienone is 3. The first-order valence-corrected chi connectivity index (χ1v) is 21.4. The third-order valence-electron chi connectivity index (χ3n) is 11.1. The van der Waals surface area contributed by atoms with E-state index in [2.05, 4.69) is 6.58 Å². The van der Waals surface area contributed by atoms with Crippen molar-refractivity contribution in [3.8, 4) is 39.1 Å². The van der Waals surface area contributed by atoms with Crippen molar-refractivity contribution in [3.05, 3.63) is 204 Å². The van der Waals surface area contributed by atoms with Crippen LogP contribution < -0.4 is 4.90 Å². The van der Waals surface area contributed by atoms with E-state index in [1.54, 1.807) is 78.2 Å². The monoisotopic (exact) mass is 932 g/mol. The standard InChI is InChI=1S/C46H26F6N2O2.C7H9F3.C2H6/c47-45(48,49)31-23-30(24-32(26-31)46(50,51)52)29-21-22-38-36(25-29)34-15-7-8-18-37(34)53(38)40-20-10-17-35-42(40)44(56)54(43(35)55)39-19-9-16-33(27-11-3-1-4-12-27)41(39)28-13-5-2-6-14-28;1-3-5-6(4-2)7(8,9)10;1-2/h1-26H;4-5H,2-3H2,1H3;1-2H3/b;6-5+;. The second-order valence-corrected chi connectivity index (χ2v) is 15.2. The first kappa shape index (κ1) is 48.3. The van der Waals surface area contributed by atoms with Crippen LogP contribution in [0.25, 0.3) is 60.9 Å². The van der Waals surface area contributed by atoms with Crippen LogP contribution in [-0.4, -0.2) is 22.6 Å². The largest absolute Gasteiger partial charge is 0.416 e. The predicted molar refractivity (Wildman–Crippen MR) is 251 cm³/mol. The summed E-state index contributed by atoms with van der Waals surface area (Å²) in [4.78, 5) is 30.4. The smallest absolute Gasteiger partial charge is 0.308 e. The molecule has 0 spiro atoms. The molecule has 346 valence electrons. The molecule has 0 atom stereocenters. The Balaban J connectivity index is 0.000000509. The van der Waals surface area contributed by atoms with Crippen LogP contribution >= 0.6 is 0 Å². The number of halogens is 9. The van der Waals surface area contributed by atoms with E-state index in [1.165, 1.54) is 11.0 Å². The molecule has 7 aromatic carbocycles. The lowest BCUT2D eigenvalue weighted by Gasteiger charge is -2.22. The van der Waals surface area contributed by atoms with Gasteiger partial charge in [-0.2, -0.15) is 39.5 Å². The lowest BCUT2D eigenvalue weighted by atomic mass is 9.92. The van der Waals surface area contributed by atoms with E-state index in [-0.39, 0.29) is 28.3 Å². The van der Waals surface area contributed by atoms with E-state index in [0.29, 0.717) is 57.3 Å². The molecular weight excluding hydrogens is 892 g/mol. The van der Waals surface area contributed by atoms with Crippen LogP contribution in [-0.2, 0) is 12.4 Å². The number of hydrogen-bond acceptors (Lipinski definition) is 2. The first-order chi connectivity index (χ1) is 32.4. The van der Waals surface area contributed by atoms with Crippen LogP contribution in [0.4, 0.5) is 45.2 Å². The fraction of sp³-hybridized carbons (Fsp3) is 0.127. The molecule has 2 heterocycles. The number of hydrogen-bond donors (Lipinski definition) is 0. The number of rotatable bonds is 7. The number of para-hydroxylation sites is 1. The van der Waals surface area contributed by atoms with Gasteiger partial charge in [0.25, 0.3) is 11.8 Å². The molecule has 0 unspecified atom stereocenters. The lowest BCUT2D eigenvalue weighted by molar-refractivity contribution is -0.143. The topological polar surface area (TPSA) is 42.3 Å². The normalized spacial score (nSPS) is 12.9. The van der Waals surface area contributed by atoms with Gasteiger partial charge in [-0.05, 0) is 88.8 Å². The molecule has 1 aliphatic rings. The third kappa shape index (κ3) is 9.33. The summed E-state index contributed by atoms with van der Waals surface area (Å²) in [6.07, 6.45) is -12.0. The summed E-state index contributed by atoms with van der Waals surface area (Å²) in [5.41, 5.74) is 1.90. The SMILES string of the molecule is C=C/C(=C\CC)C(F)(F)F.CC.O=C1c2cccc(-n3c4ccccc4c4cc(-c5cc(C(F)(F)F)cc(C(F)(F)F)c5)ccc43)c2C(=O)N1c1cccc(-c2ccccc2)c1-c1ccccc1. The zero-order chi connectivity index (χ0) is 49.1. The molecule has 68 heavy (non-hydrogen) atoms. The summed E-state index contributed by atoms with van der Waals surface area (Å²) < 4.78 is 120. The molecule has 2 amide bonds. The van der Waals surface area contributed by atoms with Gasteiger partial charge >= 0.3 is 18.5 Å². The molecule has 1 aliphatic heterocycles. The second kappa shape index (κ2) is 19.3. The van der Waals surface area contributed by atoms with E-state index in [4.69, 9.17) is 0 Å². The highest BCUT2D eigenvalue weighted by molar-refractivity contribution is 6.37. The van der Waals surface area contributed by atoms with Crippen molar-refractivity contribution in [3.63, 3.8) is 0 Å². The van der Waals surface area contributed by atoms with Gasteiger partial charge in [0.15, 0.2) is 0 Å². The molecule has 0 saturated carbocycles.